The van der Waals surface area contributed by atoms with Crippen LogP contribution in [0.1, 0.15) is 61.5 Å². The summed E-state index contributed by atoms with van der Waals surface area (Å²) in [6.45, 7) is 5.79. The third-order valence-electron chi connectivity index (χ3n) is 6.43. The topological polar surface area (TPSA) is 103 Å². The standard InChI is InChI=1S/C32H36N2O6/c1-32(2,3)40-31(37)34-28-16-10-15-27(28)29(35)33-25-17-24(30(36)39-21-23-13-8-5-9-14-23)18-26(19-25)38-20-22-11-6-4-7-12-22/h4-9,11-14,17-19,27-28H,10,15-16,20-21H2,1-3H3,(H,33,35)(H,34,37). The zero-order valence-electron chi connectivity index (χ0n) is 23.1. The molecule has 0 aromatic heterocycles. The number of alkyl carbamates (subject to hydrolysis) is 1. The predicted octanol–water partition coefficient (Wildman–Crippen LogP) is 6.25. The molecule has 1 aliphatic rings. The molecule has 1 fully saturated rings. The van der Waals surface area contributed by atoms with Gasteiger partial charge in [0.15, 0.2) is 0 Å². The Hall–Kier alpha value is -4.33. The smallest absolute Gasteiger partial charge is 0.407 e. The average molecular weight is 545 g/mol. The van der Waals surface area contributed by atoms with Crippen LogP contribution in [0.15, 0.2) is 78.9 Å². The maximum Gasteiger partial charge on any atom is 0.407 e. The Balaban J connectivity index is 1.48. The van der Waals surface area contributed by atoms with Gasteiger partial charge in [0.05, 0.1) is 11.5 Å². The summed E-state index contributed by atoms with van der Waals surface area (Å²) in [5, 5.41) is 5.77. The van der Waals surface area contributed by atoms with Crippen LogP contribution in [0.5, 0.6) is 5.75 Å². The number of anilines is 1. The lowest BCUT2D eigenvalue weighted by atomic mass is 10.0. The van der Waals surface area contributed by atoms with Gasteiger partial charge in [0.25, 0.3) is 0 Å². The number of hydrogen-bond acceptors (Lipinski definition) is 6. The first-order valence-electron chi connectivity index (χ1n) is 13.5. The van der Waals surface area contributed by atoms with Gasteiger partial charge in [-0.3, -0.25) is 4.79 Å². The predicted molar refractivity (Wildman–Crippen MR) is 152 cm³/mol. The molecule has 3 aromatic carbocycles. The number of rotatable bonds is 9. The van der Waals surface area contributed by atoms with E-state index in [1.807, 2.05) is 60.7 Å². The molecule has 4 rings (SSSR count). The van der Waals surface area contributed by atoms with Crippen molar-refractivity contribution in [3.63, 3.8) is 0 Å². The SMILES string of the molecule is CC(C)(C)OC(=O)NC1CCCC1C(=O)Nc1cc(OCc2ccccc2)cc(C(=O)OCc2ccccc2)c1. The van der Waals surface area contributed by atoms with Crippen molar-refractivity contribution in [3.8, 4) is 5.75 Å². The summed E-state index contributed by atoms with van der Waals surface area (Å²) in [4.78, 5) is 38.6. The molecule has 0 spiro atoms. The summed E-state index contributed by atoms with van der Waals surface area (Å²) in [6, 6.07) is 23.6. The van der Waals surface area contributed by atoms with E-state index in [1.165, 1.54) is 0 Å². The lowest BCUT2D eigenvalue weighted by Crippen LogP contribution is -2.44. The molecule has 2 amide bonds. The zero-order valence-corrected chi connectivity index (χ0v) is 23.1. The second-order valence-corrected chi connectivity index (χ2v) is 10.9. The zero-order chi connectivity index (χ0) is 28.5. The molecule has 210 valence electrons. The molecule has 0 heterocycles. The van der Waals surface area contributed by atoms with E-state index < -0.39 is 23.6 Å². The highest BCUT2D eigenvalue weighted by molar-refractivity contribution is 5.96. The van der Waals surface area contributed by atoms with Crippen molar-refractivity contribution in [3.05, 3.63) is 95.6 Å². The Kier molecular flexibility index (Phi) is 9.43. The first-order valence-corrected chi connectivity index (χ1v) is 13.5. The molecule has 2 atom stereocenters. The largest absolute Gasteiger partial charge is 0.489 e. The highest BCUT2D eigenvalue weighted by atomic mass is 16.6. The first kappa shape index (κ1) is 28.7. The quantitative estimate of drug-likeness (QED) is 0.309. The third kappa shape index (κ3) is 8.59. The highest BCUT2D eigenvalue weighted by Crippen LogP contribution is 2.29. The summed E-state index contributed by atoms with van der Waals surface area (Å²) in [5.74, 6) is -0.796. The van der Waals surface area contributed by atoms with Crippen molar-refractivity contribution >= 4 is 23.7 Å². The summed E-state index contributed by atoms with van der Waals surface area (Å²) in [5.41, 5.74) is 1.86. The minimum Gasteiger partial charge on any atom is -0.489 e. The molecule has 2 unspecified atom stereocenters. The van der Waals surface area contributed by atoms with E-state index >= 15 is 0 Å². The van der Waals surface area contributed by atoms with Crippen molar-refractivity contribution in [2.45, 2.75) is 64.9 Å². The summed E-state index contributed by atoms with van der Waals surface area (Å²) in [6.07, 6.45) is 1.56. The van der Waals surface area contributed by atoms with E-state index in [0.29, 0.717) is 30.9 Å². The average Bonchev–Trinajstić information content (AvgIpc) is 3.38. The highest BCUT2D eigenvalue weighted by Gasteiger charge is 2.35. The van der Waals surface area contributed by atoms with Crippen LogP contribution in [0.4, 0.5) is 10.5 Å². The molecular weight excluding hydrogens is 508 g/mol. The second-order valence-electron chi connectivity index (χ2n) is 10.9. The van der Waals surface area contributed by atoms with Crippen LogP contribution in [0, 0.1) is 5.92 Å². The van der Waals surface area contributed by atoms with Crippen LogP contribution >= 0.6 is 0 Å². The van der Waals surface area contributed by atoms with Gasteiger partial charge in [-0.05, 0) is 56.9 Å². The fraction of sp³-hybridized carbons (Fsp3) is 0.344. The first-order chi connectivity index (χ1) is 19.2. The number of benzene rings is 3. The Bertz CT molecular complexity index is 1300. The Morgan fingerprint density at radius 1 is 0.850 bits per heavy atom. The molecule has 1 saturated carbocycles. The van der Waals surface area contributed by atoms with Crippen LogP contribution in [0.2, 0.25) is 0 Å². The van der Waals surface area contributed by atoms with Crippen LogP contribution in [-0.4, -0.2) is 29.6 Å². The van der Waals surface area contributed by atoms with Gasteiger partial charge < -0.3 is 24.8 Å². The molecular formula is C32H36N2O6. The molecule has 40 heavy (non-hydrogen) atoms. The number of nitrogens with one attached hydrogen (secondary N) is 2. The normalized spacial score (nSPS) is 16.6. The maximum atomic E-state index is 13.3. The summed E-state index contributed by atoms with van der Waals surface area (Å²) < 4.78 is 16.9. The van der Waals surface area contributed by atoms with Crippen LogP contribution in [0.3, 0.4) is 0 Å². The Labute approximate surface area is 235 Å². The van der Waals surface area contributed by atoms with Gasteiger partial charge in [0.2, 0.25) is 5.91 Å². The lowest BCUT2D eigenvalue weighted by molar-refractivity contribution is -0.120. The second kappa shape index (κ2) is 13.2. The van der Waals surface area contributed by atoms with E-state index in [0.717, 1.165) is 17.5 Å². The molecule has 8 nitrogen and oxygen atoms in total. The molecule has 0 radical (unpaired) electrons. The Morgan fingerprint density at radius 2 is 1.50 bits per heavy atom. The molecule has 2 N–H and O–H groups in total. The molecule has 0 saturated heterocycles. The van der Waals surface area contributed by atoms with E-state index in [4.69, 9.17) is 14.2 Å². The van der Waals surface area contributed by atoms with Gasteiger partial charge in [-0.15, -0.1) is 0 Å². The number of hydrogen-bond donors (Lipinski definition) is 2. The van der Waals surface area contributed by atoms with Gasteiger partial charge in [0, 0.05) is 17.8 Å². The lowest BCUT2D eigenvalue weighted by Gasteiger charge is -2.24. The van der Waals surface area contributed by atoms with Crippen molar-refractivity contribution in [1.29, 1.82) is 0 Å². The molecule has 1 aliphatic carbocycles. The van der Waals surface area contributed by atoms with E-state index in [9.17, 15) is 14.4 Å². The maximum absolute atomic E-state index is 13.3. The van der Waals surface area contributed by atoms with Gasteiger partial charge in [-0.25, -0.2) is 9.59 Å². The van der Waals surface area contributed by atoms with Crippen molar-refractivity contribution in [2.75, 3.05) is 5.32 Å². The summed E-state index contributed by atoms with van der Waals surface area (Å²) >= 11 is 0. The summed E-state index contributed by atoms with van der Waals surface area (Å²) in [7, 11) is 0. The third-order valence-corrected chi connectivity index (χ3v) is 6.43. The van der Waals surface area contributed by atoms with Gasteiger partial charge >= 0.3 is 12.1 Å². The molecule has 0 bridgehead atoms. The van der Waals surface area contributed by atoms with Crippen molar-refractivity contribution in [2.24, 2.45) is 5.92 Å². The van der Waals surface area contributed by atoms with Gasteiger partial charge in [-0.1, -0.05) is 67.1 Å². The minimum absolute atomic E-state index is 0.122. The van der Waals surface area contributed by atoms with Crippen LogP contribution in [-0.2, 0) is 27.5 Å². The number of amides is 2. The van der Waals surface area contributed by atoms with Crippen LogP contribution < -0.4 is 15.4 Å². The van der Waals surface area contributed by atoms with Gasteiger partial charge in [0.1, 0.15) is 24.6 Å². The fourth-order valence-electron chi connectivity index (χ4n) is 4.56. The van der Waals surface area contributed by atoms with Crippen molar-refractivity contribution in [1.82, 2.24) is 5.32 Å². The number of ether oxygens (including phenoxy) is 3. The molecule has 8 heteroatoms. The molecule has 0 aliphatic heterocycles. The minimum atomic E-state index is -0.633. The van der Waals surface area contributed by atoms with E-state index in [1.54, 1.807) is 39.0 Å². The van der Waals surface area contributed by atoms with E-state index in [2.05, 4.69) is 10.6 Å². The van der Waals surface area contributed by atoms with Crippen LogP contribution in [0.25, 0.3) is 0 Å². The Morgan fingerprint density at radius 3 is 2.15 bits per heavy atom. The molecule has 3 aromatic rings. The number of carbonyl (C=O) groups excluding carboxylic acids is 3. The van der Waals surface area contributed by atoms with E-state index in [-0.39, 0.29) is 24.1 Å². The van der Waals surface area contributed by atoms with Crippen molar-refractivity contribution < 1.29 is 28.6 Å². The number of esters is 1. The number of carbonyl (C=O) groups is 3. The monoisotopic (exact) mass is 544 g/mol. The fourth-order valence-corrected chi connectivity index (χ4v) is 4.56. The van der Waals surface area contributed by atoms with Gasteiger partial charge in [-0.2, -0.15) is 0 Å².